The smallest absolute Gasteiger partial charge is 0.299 e. The number of aromatic nitrogens is 2. The van der Waals surface area contributed by atoms with E-state index in [1.54, 1.807) is 24.4 Å². The van der Waals surface area contributed by atoms with Crippen molar-refractivity contribution in [3.63, 3.8) is 0 Å². The fraction of sp³-hybridized carbons (Fsp3) is 0.269. The van der Waals surface area contributed by atoms with Crippen LogP contribution in [0.3, 0.4) is 0 Å². The van der Waals surface area contributed by atoms with Gasteiger partial charge in [0.15, 0.2) is 5.58 Å². The van der Waals surface area contributed by atoms with Crippen LogP contribution in [0.2, 0.25) is 0 Å². The lowest BCUT2D eigenvalue weighted by Crippen LogP contribution is -2.54. The molecule has 7 nitrogen and oxygen atoms in total. The van der Waals surface area contributed by atoms with Crippen molar-refractivity contribution in [3.05, 3.63) is 83.7 Å². The van der Waals surface area contributed by atoms with Crippen molar-refractivity contribution < 1.29 is 14.3 Å². The van der Waals surface area contributed by atoms with Crippen molar-refractivity contribution in [1.29, 1.82) is 5.26 Å². The summed E-state index contributed by atoms with van der Waals surface area (Å²) in [4.78, 5) is 11.2. The highest BCUT2D eigenvalue weighted by atomic mass is 16.5. The molecule has 166 valence electrons. The van der Waals surface area contributed by atoms with Gasteiger partial charge in [0.2, 0.25) is 0 Å². The molecule has 4 aromatic rings. The van der Waals surface area contributed by atoms with Gasteiger partial charge in [0, 0.05) is 11.8 Å². The fourth-order valence-electron chi connectivity index (χ4n) is 4.40. The Morgan fingerprint density at radius 2 is 1.91 bits per heavy atom. The van der Waals surface area contributed by atoms with Crippen LogP contribution in [-0.4, -0.2) is 26.8 Å². The summed E-state index contributed by atoms with van der Waals surface area (Å²) < 4.78 is 12.3. The lowest BCUT2D eigenvalue weighted by atomic mass is 9.84. The van der Waals surface area contributed by atoms with Crippen molar-refractivity contribution in [2.45, 2.75) is 44.6 Å². The number of hydrogen-bond acceptors (Lipinski definition) is 7. The van der Waals surface area contributed by atoms with Gasteiger partial charge < -0.3 is 19.2 Å². The number of hydrogen-bond donors (Lipinski definition) is 1. The predicted octanol–water partition coefficient (Wildman–Crippen LogP) is 4.94. The number of ether oxygens (including phenoxy) is 1. The highest BCUT2D eigenvalue weighted by Crippen LogP contribution is 2.47. The highest BCUT2D eigenvalue weighted by molar-refractivity contribution is 5.74. The molecule has 5 rings (SSSR count). The first-order chi connectivity index (χ1) is 15.9. The van der Waals surface area contributed by atoms with Crippen LogP contribution in [0, 0.1) is 11.3 Å². The van der Waals surface area contributed by atoms with Gasteiger partial charge in [-0.25, -0.2) is 0 Å². The molecular weight excluding hydrogens is 416 g/mol. The number of fused-ring (bicyclic) bond motifs is 2. The molecule has 2 aromatic heterocycles. The number of oxazole rings is 1. The van der Waals surface area contributed by atoms with Gasteiger partial charge >= 0.3 is 0 Å². The fourth-order valence-corrected chi connectivity index (χ4v) is 4.40. The van der Waals surface area contributed by atoms with Crippen molar-refractivity contribution in [3.8, 4) is 11.8 Å². The number of pyridine rings is 1. The number of para-hydroxylation sites is 2. The summed E-state index contributed by atoms with van der Waals surface area (Å²) in [6, 6.07) is 20.2. The first-order valence-electron chi connectivity index (χ1n) is 10.8. The molecular formula is C26H24N4O3. The maximum Gasteiger partial charge on any atom is 0.299 e. The van der Waals surface area contributed by atoms with Crippen LogP contribution in [0.15, 0.2) is 71.3 Å². The summed E-state index contributed by atoms with van der Waals surface area (Å²) in [6.07, 6.45) is 0.794. The first kappa shape index (κ1) is 21.0. The second kappa shape index (κ2) is 7.91. The van der Waals surface area contributed by atoms with Gasteiger partial charge in [0.25, 0.3) is 6.01 Å². The number of nitrogens with zero attached hydrogens (tertiary/aromatic N) is 4. The lowest BCUT2D eigenvalue weighted by molar-refractivity contribution is -0.0605. The monoisotopic (exact) mass is 440 g/mol. The van der Waals surface area contributed by atoms with E-state index in [0.29, 0.717) is 28.5 Å². The SMILES string of the molecule is CC(c1ccccn1)N(c1nc2ccccc2o1)C1c2cc(C#N)ccc2OC(C)(C)C1O. The molecule has 0 bridgehead atoms. The molecule has 0 radical (unpaired) electrons. The van der Waals surface area contributed by atoms with Crippen molar-refractivity contribution >= 4 is 17.1 Å². The molecule has 0 amide bonds. The zero-order chi connectivity index (χ0) is 23.2. The molecule has 1 aliphatic heterocycles. The Kier molecular flexibility index (Phi) is 5.03. The minimum Gasteiger partial charge on any atom is -0.485 e. The second-order valence-corrected chi connectivity index (χ2v) is 8.76. The van der Waals surface area contributed by atoms with E-state index in [0.717, 1.165) is 11.2 Å². The summed E-state index contributed by atoms with van der Waals surface area (Å²) in [7, 11) is 0. The van der Waals surface area contributed by atoms with Crippen molar-refractivity contribution in [2.75, 3.05) is 4.90 Å². The van der Waals surface area contributed by atoms with Crippen molar-refractivity contribution in [1.82, 2.24) is 9.97 Å². The number of anilines is 1. The van der Waals surface area contributed by atoms with Crippen LogP contribution in [0.5, 0.6) is 5.75 Å². The van der Waals surface area contributed by atoms with E-state index in [1.165, 1.54) is 0 Å². The quantitative estimate of drug-likeness (QED) is 0.480. The zero-order valence-electron chi connectivity index (χ0n) is 18.6. The van der Waals surface area contributed by atoms with Crippen LogP contribution in [0.4, 0.5) is 6.01 Å². The standard InChI is InChI=1S/C26H24N4O3/c1-16(19-8-6-7-13-28-19)30(25-29-20-9-4-5-10-22(20)32-25)23-18-14-17(15-27)11-12-21(18)33-26(2,3)24(23)31/h4-14,16,23-24,31H,1-3H3. The zero-order valence-corrected chi connectivity index (χ0v) is 18.6. The topological polar surface area (TPSA) is 95.4 Å². The van der Waals surface area contributed by atoms with Gasteiger partial charge in [-0.15, -0.1) is 0 Å². The molecule has 0 fully saturated rings. The molecule has 0 spiro atoms. The largest absolute Gasteiger partial charge is 0.485 e. The van der Waals surface area contributed by atoms with Gasteiger partial charge in [-0.05, 0) is 63.2 Å². The number of rotatable bonds is 4. The maximum atomic E-state index is 11.6. The average molecular weight is 441 g/mol. The van der Waals surface area contributed by atoms with Gasteiger partial charge in [-0.2, -0.15) is 10.2 Å². The van der Waals surface area contributed by atoms with Crippen molar-refractivity contribution in [2.24, 2.45) is 0 Å². The van der Waals surface area contributed by atoms with Gasteiger partial charge in [0.1, 0.15) is 23.0 Å². The molecule has 33 heavy (non-hydrogen) atoms. The van der Waals surface area contributed by atoms with E-state index in [2.05, 4.69) is 11.1 Å². The summed E-state index contributed by atoms with van der Waals surface area (Å²) in [5.74, 6) is 0.614. The molecule has 3 unspecified atom stereocenters. The van der Waals surface area contributed by atoms with E-state index < -0.39 is 17.7 Å². The van der Waals surface area contributed by atoms with Gasteiger partial charge in [-0.1, -0.05) is 18.2 Å². The minimum atomic E-state index is -0.944. The summed E-state index contributed by atoms with van der Waals surface area (Å²) in [6.45, 7) is 5.70. The Morgan fingerprint density at radius 1 is 1.12 bits per heavy atom. The van der Waals surface area contributed by atoms with Gasteiger partial charge in [0.05, 0.1) is 29.4 Å². The van der Waals surface area contributed by atoms with E-state index in [9.17, 15) is 10.4 Å². The maximum absolute atomic E-state index is 11.6. The Hall–Kier alpha value is -3.89. The molecule has 3 heterocycles. The number of aliphatic hydroxyl groups excluding tert-OH is 1. The molecule has 1 N–H and O–H groups in total. The van der Waals surface area contributed by atoms with Gasteiger partial charge in [-0.3, -0.25) is 4.98 Å². The van der Waals surface area contributed by atoms with Crippen LogP contribution in [-0.2, 0) is 0 Å². The molecule has 0 saturated heterocycles. The molecule has 3 atom stereocenters. The molecule has 0 saturated carbocycles. The predicted molar refractivity (Wildman–Crippen MR) is 124 cm³/mol. The van der Waals surface area contributed by atoms with E-state index >= 15 is 0 Å². The first-order valence-corrected chi connectivity index (χ1v) is 10.8. The Labute approximate surface area is 191 Å². The third-order valence-corrected chi connectivity index (χ3v) is 6.18. The Bertz CT molecular complexity index is 1310. The third-order valence-electron chi connectivity index (χ3n) is 6.18. The van der Waals surface area contributed by atoms with Crippen LogP contribution in [0.1, 0.15) is 49.7 Å². The summed E-state index contributed by atoms with van der Waals surface area (Å²) in [5, 5.41) is 21.1. The lowest BCUT2D eigenvalue weighted by Gasteiger charge is -2.47. The van der Waals surface area contributed by atoms with Crippen LogP contribution < -0.4 is 9.64 Å². The van der Waals surface area contributed by atoms with E-state index in [1.807, 2.05) is 68.1 Å². The molecule has 1 aliphatic rings. The average Bonchev–Trinajstić information content (AvgIpc) is 3.25. The minimum absolute atomic E-state index is 0.300. The molecule has 2 aromatic carbocycles. The van der Waals surface area contributed by atoms with Crippen LogP contribution in [0.25, 0.3) is 11.1 Å². The second-order valence-electron chi connectivity index (χ2n) is 8.76. The Morgan fingerprint density at radius 3 is 2.64 bits per heavy atom. The number of nitriles is 1. The summed E-state index contributed by atoms with van der Waals surface area (Å²) in [5.41, 5.74) is 2.47. The molecule has 7 heteroatoms. The van der Waals surface area contributed by atoms with Crippen LogP contribution >= 0.6 is 0 Å². The summed E-state index contributed by atoms with van der Waals surface area (Å²) >= 11 is 0. The molecule has 0 aliphatic carbocycles. The number of benzene rings is 2. The number of aliphatic hydroxyl groups is 1. The van der Waals surface area contributed by atoms with E-state index in [4.69, 9.17) is 14.1 Å². The highest BCUT2D eigenvalue weighted by Gasteiger charge is 2.48. The normalized spacial score (nSPS) is 19.8. The Balaban J connectivity index is 1.74. The third kappa shape index (κ3) is 3.59. The van der Waals surface area contributed by atoms with E-state index in [-0.39, 0.29) is 6.04 Å².